The van der Waals surface area contributed by atoms with Crippen LogP contribution in [0.3, 0.4) is 0 Å². The Hall–Kier alpha value is -2.12. The molecule has 1 heterocycles. The third-order valence-corrected chi connectivity index (χ3v) is 3.20. The number of hydrogen-bond acceptors (Lipinski definition) is 6. The van der Waals surface area contributed by atoms with Gasteiger partial charge in [-0.1, -0.05) is 12.1 Å². The Balaban J connectivity index is 1.81. The summed E-state index contributed by atoms with van der Waals surface area (Å²) < 4.78 is 10.7. The second-order valence-corrected chi connectivity index (χ2v) is 4.82. The number of rotatable bonds is 5. The van der Waals surface area contributed by atoms with Gasteiger partial charge in [0.05, 0.1) is 18.2 Å². The Bertz CT molecular complexity index is 550. The molecule has 1 aromatic carbocycles. The van der Waals surface area contributed by atoms with Crippen molar-refractivity contribution in [2.75, 3.05) is 32.8 Å². The van der Waals surface area contributed by atoms with Crippen molar-refractivity contribution in [3.8, 4) is 17.9 Å². The number of para-hydroxylation sites is 1. The number of morpholine rings is 1. The van der Waals surface area contributed by atoms with E-state index in [9.17, 15) is 5.11 Å². The van der Waals surface area contributed by atoms with Gasteiger partial charge >= 0.3 is 0 Å². The lowest BCUT2D eigenvalue weighted by Gasteiger charge is -2.31. The molecule has 0 spiro atoms. The van der Waals surface area contributed by atoms with Gasteiger partial charge in [0.15, 0.2) is 6.10 Å². The molecule has 1 aromatic rings. The maximum Gasteiger partial charge on any atom is 0.156 e. The zero-order chi connectivity index (χ0) is 15.1. The van der Waals surface area contributed by atoms with Crippen LogP contribution >= 0.6 is 0 Å². The van der Waals surface area contributed by atoms with E-state index in [2.05, 4.69) is 6.07 Å². The Morgan fingerprint density at radius 1 is 1.43 bits per heavy atom. The van der Waals surface area contributed by atoms with Crippen molar-refractivity contribution < 1.29 is 14.6 Å². The van der Waals surface area contributed by atoms with E-state index >= 15 is 0 Å². The Morgan fingerprint density at radius 3 is 3.00 bits per heavy atom. The van der Waals surface area contributed by atoms with E-state index in [1.54, 1.807) is 24.3 Å². The van der Waals surface area contributed by atoms with Crippen molar-refractivity contribution in [1.82, 2.24) is 4.90 Å². The van der Waals surface area contributed by atoms with Crippen molar-refractivity contribution in [3.63, 3.8) is 0 Å². The van der Waals surface area contributed by atoms with Crippen molar-refractivity contribution in [2.45, 2.75) is 12.2 Å². The maximum absolute atomic E-state index is 10.0. The number of aliphatic hydroxyl groups excluding tert-OH is 1. The Kier molecular flexibility index (Phi) is 5.53. The predicted molar refractivity (Wildman–Crippen MR) is 74.5 cm³/mol. The van der Waals surface area contributed by atoms with Gasteiger partial charge in [0.1, 0.15) is 24.5 Å². The van der Waals surface area contributed by atoms with Crippen molar-refractivity contribution in [3.05, 3.63) is 29.8 Å². The molecule has 1 aliphatic rings. The number of aliphatic hydroxyl groups is 1. The van der Waals surface area contributed by atoms with Gasteiger partial charge in [-0.2, -0.15) is 10.5 Å². The molecule has 1 fully saturated rings. The lowest BCUT2D eigenvalue weighted by molar-refractivity contribution is -0.0215. The normalized spacial score (nSPS) is 20.2. The van der Waals surface area contributed by atoms with E-state index in [4.69, 9.17) is 20.0 Å². The van der Waals surface area contributed by atoms with Gasteiger partial charge in [-0.25, -0.2) is 0 Å². The van der Waals surface area contributed by atoms with Gasteiger partial charge < -0.3 is 14.6 Å². The molecule has 0 bridgehead atoms. The van der Waals surface area contributed by atoms with Crippen molar-refractivity contribution >= 4 is 0 Å². The summed E-state index contributed by atoms with van der Waals surface area (Å²) in [5.41, 5.74) is 0.445. The summed E-state index contributed by atoms with van der Waals surface area (Å²) >= 11 is 0. The summed E-state index contributed by atoms with van der Waals surface area (Å²) in [4.78, 5) is 1.97. The number of nitriles is 2. The summed E-state index contributed by atoms with van der Waals surface area (Å²) in [5.74, 6) is 0.468. The molecule has 1 aliphatic heterocycles. The average Bonchev–Trinajstić information content (AvgIpc) is 2.53. The lowest BCUT2D eigenvalue weighted by atomic mass is 10.2. The standard InChI is InChI=1S/C15H17N3O3/c16-7-12-3-1-2-4-15(12)21-11-13(19)9-18-5-6-20-14(8-17)10-18/h1-4,13-14,19H,5-6,9-11H2. The number of hydrogen-bond donors (Lipinski definition) is 1. The van der Waals surface area contributed by atoms with E-state index in [1.807, 2.05) is 11.0 Å². The van der Waals surface area contributed by atoms with Crippen LogP contribution in [-0.2, 0) is 4.74 Å². The molecule has 0 aromatic heterocycles. The third-order valence-electron chi connectivity index (χ3n) is 3.20. The third kappa shape index (κ3) is 4.44. The fraction of sp³-hybridized carbons (Fsp3) is 0.467. The summed E-state index contributed by atoms with van der Waals surface area (Å²) in [5, 5.41) is 27.8. The fourth-order valence-corrected chi connectivity index (χ4v) is 2.17. The van der Waals surface area contributed by atoms with Crippen LogP contribution in [0.4, 0.5) is 0 Å². The zero-order valence-corrected chi connectivity index (χ0v) is 11.6. The first-order valence-electron chi connectivity index (χ1n) is 6.76. The molecule has 2 unspecified atom stereocenters. The first-order chi connectivity index (χ1) is 10.2. The highest BCUT2D eigenvalue weighted by atomic mass is 16.5. The molecule has 110 valence electrons. The highest BCUT2D eigenvalue weighted by molar-refractivity contribution is 5.42. The SMILES string of the molecule is N#Cc1ccccc1OCC(O)CN1CCOC(C#N)C1. The van der Waals surface area contributed by atoms with Crippen LogP contribution in [0, 0.1) is 22.7 Å². The molecule has 2 rings (SSSR count). The molecule has 0 saturated carbocycles. The summed E-state index contributed by atoms with van der Waals surface area (Å²) in [6, 6.07) is 11.0. The van der Waals surface area contributed by atoms with E-state index in [1.165, 1.54) is 0 Å². The molecular formula is C15H17N3O3. The summed E-state index contributed by atoms with van der Waals surface area (Å²) in [7, 11) is 0. The molecule has 0 aliphatic carbocycles. The van der Waals surface area contributed by atoms with Crippen molar-refractivity contribution in [2.24, 2.45) is 0 Å². The zero-order valence-electron chi connectivity index (χ0n) is 11.6. The first kappa shape index (κ1) is 15.3. The highest BCUT2D eigenvalue weighted by Gasteiger charge is 2.22. The quantitative estimate of drug-likeness (QED) is 0.849. The number of benzene rings is 1. The lowest BCUT2D eigenvalue weighted by Crippen LogP contribution is -2.46. The smallest absolute Gasteiger partial charge is 0.156 e. The van der Waals surface area contributed by atoms with Crippen LogP contribution in [0.15, 0.2) is 24.3 Å². The minimum absolute atomic E-state index is 0.104. The second-order valence-electron chi connectivity index (χ2n) is 4.82. The molecule has 1 saturated heterocycles. The Morgan fingerprint density at radius 2 is 2.24 bits per heavy atom. The molecule has 2 atom stereocenters. The number of ether oxygens (including phenoxy) is 2. The minimum atomic E-state index is -0.686. The predicted octanol–water partition coefficient (Wildman–Crippen LogP) is 0.522. The molecule has 21 heavy (non-hydrogen) atoms. The van der Waals surface area contributed by atoms with Gasteiger partial charge in [-0.05, 0) is 12.1 Å². The van der Waals surface area contributed by atoms with Crippen LogP contribution < -0.4 is 4.74 Å². The van der Waals surface area contributed by atoms with E-state index in [-0.39, 0.29) is 6.61 Å². The van der Waals surface area contributed by atoms with Gasteiger partial charge in [-0.3, -0.25) is 4.90 Å². The van der Waals surface area contributed by atoms with Gasteiger partial charge in [0.2, 0.25) is 0 Å². The number of β-amino-alcohol motifs (C(OH)–C–C–N with tert-alkyl or cyclic N) is 1. The van der Waals surface area contributed by atoms with Gasteiger partial charge in [0.25, 0.3) is 0 Å². The molecule has 0 amide bonds. The van der Waals surface area contributed by atoms with E-state index in [0.717, 1.165) is 0 Å². The van der Waals surface area contributed by atoms with E-state index < -0.39 is 12.2 Å². The summed E-state index contributed by atoms with van der Waals surface area (Å²) in [6.07, 6.45) is -1.12. The van der Waals surface area contributed by atoms with Crippen LogP contribution in [0.5, 0.6) is 5.75 Å². The van der Waals surface area contributed by atoms with Crippen LogP contribution in [0.25, 0.3) is 0 Å². The molecule has 1 N–H and O–H groups in total. The second kappa shape index (κ2) is 7.61. The van der Waals surface area contributed by atoms with E-state index in [0.29, 0.717) is 37.6 Å². The average molecular weight is 287 g/mol. The van der Waals surface area contributed by atoms with Crippen LogP contribution in [0.2, 0.25) is 0 Å². The monoisotopic (exact) mass is 287 g/mol. The first-order valence-corrected chi connectivity index (χ1v) is 6.76. The van der Waals surface area contributed by atoms with Gasteiger partial charge in [-0.15, -0.1) is 0 Å². The molecule has 6 nitrogen and oxygen atoms in total. The van der Waals surface area contributed by atoms with Crippen LogP contribution in [-0.4, -0.2) is 55.1 Å². The molecule has 6 heteroatoms. The minimum Gasteiger partial charge on any atom is -0.489 e. The summed E-state index contributed by atoms with van der Waals surface area (Å²) in [6.45, 7) is 2.18. The largest absolute Gasteiger partial charge is 0.489 e. The highest BCUT2D eigenvalue weighted by Crippen LogP contribution is 2.16. The molecule has 0 radical (unpaired) electrons. The molecular weight excluding hydrogens is 270 g/mol. The maximum atomic E-state index is 10.0. The Labute approximate surface area is 123 Å². The topological polar surface area (TPSA) is 89.5 Å². The van der Waals surface area contributed by atoms with Gasteiger partial charge in [0, 0.05) is 19.6 Å². The van der Waals surface area contributed by atoms with Crippen LogP contribution in [0.1, 0.15) is 5.56 Å². The fourth-order valence-electron chi connectivity index (χ4n) is 2.17. The van der Waals surface area contributed by atoms with Crippen molar-refractivity contribution in [1.29, 1.82) is 10.5 Å². The number of nitrogens with zero attached hydrogens (tertiary/aromatic N) is 3.